The molecule has 1 rings (SSSR count). The van der Waals surface area contributed by atoms with Gasteiger partial charge in [0.1, 0.15) is 0 Å². The summed E-state index contributed by atoms with van der Waals surface area (Å²) in [5.74, 6) is 0.858. The quantitative estimate of drug-likeness (QED) is 0.313. The van der Waals surface area contributed by atoms with Gasteiger partial charge >= 0.3 is 0 Å². The van der Waals surface area contributed by atoms with E-state index < -0.39 is 0 Å². The van der Waals surface area contributed by atoms with Crippen LogP contribution >= 0.6 is 0 Å². The van der Waals surface area contributed by atoms with Crippen molar-refractivity contribution in [3.05, 3.63) is 10.4 Å². The molecular formula is C12H23N5O. The summed E-state index contributed by atoms with van der Waals surface area (Å²) >= 11 is 0. The van der Waals surface area contributed by atoms with E-state index in [0.29, 0.717) is 19.0 Å². The third kappa shape index (κ3) is 4.94. The molecule has 6 heteroatoms. The SMILES string of the molecule is CC1CCC(C(NCCCN=[N+]=[N-])C(N)=O)CC1. The molecule has 0 aromatic rings. The maximum absolute atomic E-state index is 11.5. The maximum Gasteiger partial charge on any atom is 0.234 e. The van der Waals surface area contributed by atoms with E-state index >= 15 is 0 Å². The van der Waals surface area contributed by atoms with Crippen LogP contribution in [-0.2, 0) is 4.79 Å². The molecule has 1 fully saturated rings. The zero-order chi connectivity index (χ0) is 13.4. The lowest BCUT2D eigenvalue weighted by molar-refractivity contribution is -0.121. The predicted molar refractivity (Wildman–Crippen MR) is 70.7 cm³/mol. The molecule has 0 heterocycles. The molecular weight excluding hydrogens is 230 g/mol. The number of nitrogens with one attached hydrogen (secondary N) is 1. The molecule has 0 spiro atoms. The Morgan fingerprint density at radius 3 is 2.72 bits per heavy atom. The van der Waals surface area contributed by atoms with E-state index in [-0.39, 0.29) is 11.9 Å². The zero-order valence-electron chi connectivity index (χ0n) is 11.0. The standard InChI is InChI=1S/C12H23N5O/c1-9-3-5-10(6-4-9)11(12(13)18)15-7-2-8-16-17-14/h9-11,15H,2-8H2,1H3,(H2,13,18). The van der Waals surface area contributed by atoms with Crippen molar-refractivity contribution in [2.24, 2.45) is 22.7 Å². The van der Waals surface area contributed by atoms with Gasteiger partial charge in [0.15, 0.2) is 0 Å². The second kappa shape index (κ2) is 7.95. The molecule has 0 bridgehead atoms. The second-order valence-corrected chi connectivity index (χ2v) is 5.16. The molecule has 1 amide bonds. The number of nitrogens with zero attached hydrogens (tertiary/aromatic N) is 3. The first kappa shape index (κ1) is 14.8. The number of azide groups is 1. The first-order valence-electron chi connectivity index (χ1n) is 6.68. The monoisotopic (exact) mass is 253 g/mol. The molecule has 3 N–H and O–H groups in total. The third-order valence-electron chi connectivity index (χ3n) is 3.70. The number of hydrogen-bond donors (Lipinski definition) is 2. The largest absolute Gasteiger partial charge is 0.368 e. The Morgan fingerprint density at radius 1 is 1.50 bits per heavy atom. The lowest BCUT2D eigenvalue weighted by Gasteiger charge is -2.31. The minimum Gasteiger partial charge on any atom is -0.368 e. The smallest absolute Gasteiger partial charge is 0.234 e. The van der Waals surface area contributed by atoms with E-state index in [2.05, 4.69) is 22.3 Å². The Balaban J connectivity index is 2.35. The van der Waals surface area contributed by atoms with E-state index in [1.54, 1.807) is 0 Å². The first-order chi connectivity index (χ1) is 8.65. The molecule has 0 aliphatic heterocycles. The number of amides is 1. The van der Waals surface area contributed by atoms with Gasteiger partial charge in [0.2, 0.25) is 5.91 Å². The highest BCUT2D eigenvalue weighted by Crippen LogP contribution is 2.30. The molecule has 1 aliphatic carbocycles. The Hall–Kier alpha value is -1.26. The van der Waals surface area contributed by atoms with Crippen LogP contribution in [0.4, 0.5) is 0 Å². The van der Waals surface area contributed by atoms with Crippen LogP contribution in [0.3, 0.4) is 0 Å². The lowest BCUT2D eigenvalue weighted by Crippen LogP contribution is -2.48. The zero-order valence-corrected chi connectivity index (χ0v) is 11.0. The van der Waals surface area contributed by atoms with E-state index in [0.717, 1.165) is 25.2 Å². The Morgan fingerprint density at radius 2 is 2.17 bits per heavy atom. The summed E-state index contributed by atoms with van der Waals surface area (Å²) in [4.78, 5) is 14.2. The van der Waals surface area contributed by atoms with Crippen molar-refractivity contribution < 1.29 is 4.79 Å². The van der Waals surface area contributed by atoms with Crippen LogP contribution in [0.5, 0.6) is 0 Å². The minimum atomic E-state index is -0.265. The van der Waals surface area contributed by atoms with Crippen molar-refractivity contribution in [2.45, 2.75) is 45.1 Å². The molecule has 0 saturated heterocycles. The van der Waals surface area contributed by atoms with Crippen LogP contribution in [0.25, 0.3) is 10.4 Å². The average molecular weight is 253 g/mol. The molecule has 1 saturated carbocycles. The summed E-state index contributed by atoms with van der Waals surface area (Å²) in [6, 6.07) is -0.233. The van der Waals surface area contributed by atoms with Gasteiger partial charge in [0.25, 0.3) is 0 Å². The van der Waals surface area contributed by atoms with E-state index in [4.69, 9.17) is 11.3 Å². The van der Waals surface area contributed by atoms with Gasteiger partial charge in [-0.3, -0.25) is 4.79 Å². The summed E-state index contributed by atoms with van der Waals surface area (Å²) in [6.45, 7) is 3.37. The molecule has 1 unspecified atom stereocenters. The topological polar surface area (TPSA) is 104 Å². The fraction of sp³-hybridized carbons (Fsp3) is 0.917. The Labute approximate surface area is 108 Å². The van der Waals surface area contributed by atoms with E-state index in [9.17, 15) is 4.79 Å². The Kier molecular flexibility index (Phi) is 6.54. The van der Waals surface area contributed by atoms with E-state index in [1.807, 2.05) is 0 Å². The number of hydrogen-bond acceptors (Lipinski definition) is 3. The third-order valence-corrected chi connectivity index (χ3v) is 3.70. The molecule has 18 heavy (non-hydrogen) atoms. The second-order valence-electron chi connectivity index (χ2n) is 5.16. The number of rotatable bonds is 7. The van der Waals surface area contributed by atoms with Crippen molar-refractivity contribution in [1.29, 1.82) is 0 Å². The summed E-state index contributed by atoms with van der Waals surface area (Å²) in [5, 5.41) is 6.67. The highest BCUT2D eigenvalue weighted by atomic mass is 16.1. The maximum atomic E-state index is 11.5. The van der Waals surface area contributed by atoms with Gasteiger partial charge in [-0.2, -0.15) is 0 Å². The van der Waals surface area contributed by atoms with Crippen LogP contribution < -0.4 is 11.1 Å². The summed E-state index contributed by atoms with van der Waals surface area (Å²) in [7, 11) is 0. The van der Waals surface area contributed by atoms with Gasteiger partial charge in [0.05, 0.1) is 6.04 Å². The van der Waals surface area contributed by atoms with E-state index in [1.165, 1.54) is 12.8 Å². The molecule has 102 valence electrons. The summed E-state index contributed by atoms with van der Waals surface area (Å²) in [6.07, 6.45) is 5.22. The van der Waals surface area contributed by atoms with Crippen LogP contribution in [0.2, 0.25) is 0 Å². The predicted octanol–water partition coefficient (Wildman–Crippen LogP) is 1.96. The van der Waals surface area contributed by atoms with Crippen molar-refractivity contribution in [3.8, 4) is 0 Å². The summed E-state index contributed by atoms with van der Waals surface area (Å²) < 4.78 is 0. The fourth-order valence-corrected chi connectivity index (χ4v) is 2.57. The number of carbonyl (C=O) groups excluding carboxylic acids is 1. The van der Waals surface area contributed by atoms with Crippen molar-refractivity contribution >= 4 is 5.91 Å². The molecule has 6 nitrogen and oxygen atoms in total. The highest BCUT2D eigenvalue weighted by Gasteiger charge is 2.29. The van der Waals surface area contributed by atoms with Gasteiger partial charge in [-0.05, 0) is 43.2 Å². The normalized spacial score (nSPS) is 25.2. The Bertz CT molecular complexity index is 306. The van der Waals surface area contributed by atoms with Crippen LogP contribution in [0, 0.1) is 11.8 Å². The van der Waals surface area contributed by atoms with Crippen molar-refractivity contribution in [1.82, 2.24) is 5.32 Å². The van der Waals surface area contributed by atoms with Crippen LogP contribution in [0.1, 0.15) is 39.0 Å². The molecule has 1 aliphatic rings. The first-order valence-corrected chi connectivity index (χ1v) is 6.68. The van der Waals surface area contributed by atoms with Gasteiger partial charge in [-0.1, -0.05) is 24.9 Å². The minimum absolute atomic E-state index is 0.233. The van der Waals surface area contributed by atoms with Crippen LogP contribution in [0.15, 0.2) is 5.11 Å². The number of carbonyl (C=O) groups is 1. The van der Waals surface area contributed by atoms with Gasteiger partial charge < -0.3 is 11.1 Å². The van der Waals surface area contributed by atoms with Gasteiger partial charge in [0, 0.05) is 11.5 Å². The molecule has 0 aromatic heterocycles. The number of nitrogens with two attached hydrogens (primary N) is 1. The average Bonchev–Trinajstić information content (AvgIpc) is 2.35. The van der Waals surface area contributed by atoms with Gasteiger partial charge in [-0.15, -0.1) is 0 Å². The van der Waals surface area contributed by atoms with Crippen molar-refractivity contribution in [2.75, 3.05) is 13.1 Å². The molecule has 1 atom stereocenters. The lowest BCUT2D eigenvalue weighted by atomic mass is 9.79. The van der Waals surface area contributed by atoms with Gasteiger partial charge in [-0.25, -0.2) is 0 Å². The molecule has 0 aromatic carbocycles. The highest BCUT2D eigenvalue weighted by molar-refractivity contribution is 5.80. The van der Waals surface area contributed by atoms with Crippen molar-refractivity contribution in [3.63, 3.8) is 0 Å². The fourth-order valence-electron chi connectivity index (χ4n) is 2.57. The molecule has 0 radical (unpaired) electrons. The summed E-state index contributed by atoms with van der Waals surface area (Å²) in [5.41, 5.74) is 13.6. The van der Waals surface area contributed by atoms with Crippen LogP contribution in [-0.4, -0.2) is 25.0 Å². The number of primary amides is 1.